The summed E-state index contributed by atoms with van der Waals surface area (Å²) in [5.74, 6) is -0.836. The summed E-state index contributed by atoms with van der Waals surface area (Å²) >= 11 is 0. The summed E-state index contributed by atoms with van der Waals surface area (Å²) in [4.78, 5) is 21.2. The van der Waals surface area contributed by atoms with Crippen molar-refractivity contribution in [2.45, 2.75) is 19.8 Å². The van der Waals surface area contributed by atoms with Gasteiger partial charge in [-0.25, -0.2) is 0 Å². The fourth-order valence-corrected chi connectivity index (χ4v) is 1.21. The van der Waals surface area contributed by atoms with Crippen LogP contribution in [0.2, 0.25) is 0 Å². The Balaban J connectivity index is 2.76. The third-order valence-electron chi connectivity index (χ3n) is 1.83. The normalized spacial score (nSPS) is 9.67. The van der Waals surface area contributed by atoms with E-state index in [4.69, 9.17) is 9.84 Å². The van der Waals surface area contributed by atoms with Crippen LogP contribution in [0.5, 0.6) is 5.75 Å². The molecular formula is C11H12O4. The number of aryl methyl sites for hydroxylation is 1. The van der Waals surface area contributed by atoms with Gasteiger partial charge in [0, 0.05) is 13.3 Å². The number of aliphatic carboxylic acids is 1. The molecule has 15 heavy (non-hydrogen) atoms. The van der Waals surface area contributed by atoms with Crippen LogP contribution < -0.4 is 4.74 Å². The minimum Gasteiger partial charge on any atom is -0.481 e. The number of hydrogen-bond acceptors (Lipinski definition) is 3. The number of benzene rings is 1. The molecular weight excluding hydrogens is 196 g/mol. The summed E-state index contributed by atoms with van der Waals surface area (Å²) in [7, 11) is 0. The number of ether oxygens (including phenoxy) is 1. The number of para-hydroxylation sites is 1. The molecule has 80 valence electrons. The van der Waals surface area contributed by atoms with Gasteiger partial charge in [0.1, 0.15) is 5.75 Å². The Hall–Kier alpha value is -1.84. The standard InChI is InChI=1S/C11H12O4/c1-8(12)15-10-5-3-2-4-9(10)6-7-11(13)14/h2-5H,6-7H2,1H3,(H,13,14). The SMILES string of the molecule is CC(=O)Oc1ccccc1CCC(=O)O. The van der Waals surface area contributed by atoms with Crippen LogP contribution >= 0.6 is 0 Å². The van der Waals surface area contributed by atoms with Crippen molar-refractivity contribution in [3.63, 3.8) is 0 Å². The van der Waals surface area contributed by atoms with Gasteiger partial charge in [-0.15, -0.1) is 0 Å². The zero-order valence-corrected chi connectivity index (χ0v) is 8.40. The molecule has 0 unspecified atom stereocenters. The Bertz CT molecular complexity index is 371. The topological polar surface area (TPSA) is 63.6 Å². The van der Waals surface area contributed by atoms with Crippen LogP contribution in [0.4, 0.5) is 0 Å². The lowest BCUT2D eigenvalue weighted by Crippen LogP contribution is -2.05. The molecule has 0 aliphatic rings. The zero-order chi connectivity index (χ0) is 11.3. The largest absolute Gasteiger partial charge is 0.481 e. The first-order valence-corrected chi connectivity index (χ1v) is 4.57. The molecule has 0 amide bonds. The Kier molecular flexibility index (Phi) is 3.85. The highest BCUT2D eigenvalue weighted by molar-refractivity contribution is 5.70. The van der Waals surface area contributed by atoms with Crippen LogP contribution in [0, 0.1) is 0 Å². The molecule has 0 saturated carbocycles. The van der Waals surface area contributed by atoms with Gasteiger partial charge in [-0.2, -0.15) is 0 Å². The average molecular weight is 208 g/mol. The van der Waals surface area contributed by atoms with E-state index in [0.29, 0.717) is 12.2 Å². The lowest BCUT2D eigenvalue weighted by molar-refractivity contribution is -0.137. The first kappa shape index (κ1) is 11.2. The van der Waals surface area contributed by atoms with Gasteiger partial charge in [0.25, 0.3) is 0 Å². The number of carbonyl (C=O) groups is 2. The van der Waals surface area contributed by atoms with E-state index in [0.717, 1.165) is 5.56 Å². The third-order valence-corrected chi connectivity index (χ3v) is 1.83. The van der Waals surface area contributed by atoms with Crippen LogP contribution in [-0.2, 0) is 16.0 Å². The molecule has 0 aliphatic carbocycles. The second-order valence-electron chi connectivity index (χ2n) is 3.10. The summed E-state index contributed by atoms with van der Waals surface area (Å²) < 4.78 is 4.95. The van der Waals surface area contributed by atoms with Crippen molar-refractivity contribution in [1.82, 2.24) is 0 Å². The van der Waals surface area contributed by atoms with Crippen molar-refractivity contribution >= 4 is 11.9 Å². The van der Waals surface area contributed by atoms with Crippen LogP contribution in [-0.4, -0.2) is 17.0 Å². The number of carbonyl (C=O) groups excluding carboxylic acids is 1. The highest BCUT2D eigenvalue weighted by atomic mass is 16.5. The molecule has 4 heteroatoms. The van der Waals surface area contributed by atoms with Crippen molar-refractivity contribution < 1.29 is 19.4 Å². The maximum atomic E-state index is 10.8. The minimum atomic E-state index is -0.868. The second kappa shape index (κ2) is 5.14. The quantitative estimate of drug-likeness (QED) is 0.603. The van der Waals surface area contributed by atoms with E-state index in [-0.39, 0.29) is 6.42 Å². The molecule has 0 bridgehead atoms. The number of carboxylic acids is 1. The number of carboxylic acid groups (broad SMARTS) is 1. The first-order chi connectivity index (χ1) is 7.09. The highest BCUT2D eigenvalue weighted by Gasteiger charge is 2.06. The monoisotopic (exact) mass is 208 g/mol. The molecule has 1 N–H and O–H groups in total. The second-order valence-corrected chi connectivity index (χ2v) is 3.10. The molecule has 4 nitrogen and oxygen atoms in total. The van der Waals surface area contributed by atoms with Gasteiger partial charge in [0.2, 0.25) is 0 Å². The van der Waals surface area contributed by atoms with Crippen LogP contribution in [0.15, 0.2) is 24.3 Å². The Morgan fingerprint density at radius 3 is 2.60 bits per heavy atom. The summed E-state index contributed by atoms with van der Waals surface area (Å²) in [5.41, 5.74) is 0.732. The zero-order valence-electron chi connectivity index (χ0n) is 8.40. The van der Waals surface area contributed by atoms with Gasteiger partial charge in [0.05, 0.1) is 0 Å². The van der Waals surface area contributed by atoms with Gasteiger partial charge in [-0.3, -0.25) is 9.59 Å². The number of hydrogen-bond donors (Lipinski definition) is 1. The lowest BCUT2D eigenvalue weighted by Gasteiger charge is -2.06. The fourth-order valence-electron chi connectivity index (χ4n) is 1.21. The number of rotatable bonds is 4. The van der Waals surface area contributed by atoms with Crippen molar-refractivity contribution in [1.29, 1.82) is 0 Å². The first-order valence-electron chi connectivity index (χ1n) is 4.57. The van der Waals surface area contributed by atoms with E-state index in [9.17, 15) is 9.59 Å². The Morgan fingerprint density at radius 2 is 2.00 bits per heavy atom. The van der Waals surface area contributed by atoms with Crippen molar-refractivity contribution in [3.8, 4) is 5.75 Å². The summed E-state index contributed by atoms with van der Waals surface area (Å²) in [5, 5.41) is 8.54. The fraction of sp³-hybridized carbons (Fsp3) is 0.273. The molecule has 0 radical (unpaired) electrons. The number of esters is 1. The predicted octanol–water partition coefficient (Wildman–Crippen LogP) is 1.63. The summed E-state index contributed by atoms with van der Waals surface area (Å²) in [6.45, 7) is 1.31. The molecule has 0 aromatic heterocycles. The smallest absolute Gasteiger partial charge is 0.308 e. The highest BCUT2D eigenvalue weighted by Crippen LogP contribution is 2.19. The van der Waals surface area contributed by atoms with Crippen LogP contribution in [0.3, 0.4) is 0 Å². The van der Waals surface area contributed by atoms with Gasteiger partial charge >= 0.3 is 11.9 Å². The summed E-state index contributed by atoms with van der Waals surface area (Å²) in [6.07, 6.45) is 0.386. The molecule has 1 aromatic rings. The van der Waals surface area contributed by atoms with E-state index in [1.807, 2.05) is 0 Å². The van der Waals surface area contributed by atoms with E-state index in [1.54, 1.807) is 24.3 Å². The minimum absolute atomic E-state index is 0.0261. The Morgan fingerprint density at radius 1 is 1.33 bits per heavy atom. The molecule has 0 spiro atoms. The van der Waals surface area contributed by atoms with Gasteiger partial charge in [0.15, 0.2) is 0 Å². The molecule has 0 fully saturated rings. The predicted molar refractivity (Wildman–Crippen MR) is 53.7 cm³/mol. The Labute approximate surface area is 87.5 Å². The van der Waals surface area contributed by atoms with Gasteiger partial charge < -0.3 is 9.84 Å². The molecule has 0 aliphatic heterocycles. The van der Waals surface area contributed by atoms with E-state index >= 15 is 0 Å². The van der Waals surface area contributed by atoms with Crippen LogP contribution in [0.1, 0.15) is 18.9 Å². The molecule has 1 rings (SSSR count). The molecule has 0 saturated heterocycles. The maximum absolute atomic E-state index is 10.8. The van der Waals surface area contributed by atoms with Crippen LogP contribution in [0.25, 0.3) is 0 Å². The maximum Gasteiger partial charge on any atom is 0.308 e. The van der Waals surface area contributed by atoms with Gasteiger partial charge in [-0.05, 0) is 18.1 Å². The van der Waals surface area contributed by atoms with Gasteiger partial charge in [-0.1, -0.05) is 18.2 Å². The molecule has 0 heterocycles. The van der Waals surface area contributed by atoms with Crippen molar-refractivity contribution in [3.05, 3.63) is 29.8 Å². The average Bonchev–Trinajstić information content (AvgIpc) is 2.15. The van der Waals surface area contributed by atoms with Crippen molar-refractivity contribution in [2.75, 3.05) is 0 Å². The third kappa shape index (κ3) is 3.81. The molecule has 1 aromatic carbocycles. The van der Waals surface area contributed by atoms with E-state index in [1.165, 1.54) is 6.92 Å². The van der Waals surface area contributed by atoms with Crippen molar-refractivity contribution in [2.24, 2.45) is 0 Å². The lowest BCUT2D eigenvalue weighted by atomic mass is 10.1. The molecule has 0 atom stereocenters. The summed E-state index contributed by atoms with van der Waals surface area (Å²) in [6, 6.07) is 6.92. The van der Waals surface area contributed by atoms with E-state index < -0.39 is 11.9 Å². The van der Waals surface area contributed by atoms with E-state index in [2.05, 4.69) is 0 Å².